The fraction of sp³-hybridized carbons (Fsp3) is 0.263. The van der Waals surface area contributed by atoms with E-state index in [-0.39, 0.29) is 0 Å². The van der Waals surface area contributed by atoms with Crippen molar-refractivity contribution in [2.75, 3.05) is 15.6 Å². The van der Waals surface area contributed by atoms with Gasteiger partial charge in [0.25, 0.3) is 0 Å². The maximum atomic E-state index is 4.50. The zero-order valence-corrected chi connectivity index (χ0v) is 15.2. The minimum Gasteiger partial charge on any atom is -0.353 e. The van der Waals surface area contributed by atoms with Crippen LogP contribution in [0.3, 0.4) is 0 Å². The van der Waals surface area contributed by atoms with Gasteiger partial charge in [0.15, 0.2) is 5.65 Å². The van der Waals surface area contributed by atoms with Crippen LogP contribution in [0.4, 0.5) is 17.6 Å². The Bertz CT molecular complexity index is 975. The van der Waals surface area contributed by atoms with Crippen LogP contribution >= 0.6 is 0 Å². The number of pyridine rings is 1. The summed E-state index contributed by atoms with van der Waals surface area (Å²) in [6.45, 7) is 0. The maximum absolute atomic E-state index is 4.50. The van der Waals surface area contributed by atoms with Gasteiger partial charge < -0.3 is 21.0 Å². The highest BCUT2D eigenvalue weighted by molar-refractivity contribution is 5.72. The van der Waals surface area contributed by atoms with Crippen molar-refractivity contribution in [2.24, 2.45) is 0 Å². The van der Waals surface area contributed by atoms with Crippen molar-refractivity contribution < 1.29 is 0 Å². The Morgan fingerprint density at radius 2 is 1.89 bits per heavy atom. The van der Waals surface area contributed by atoms with E-state index >= 15 is 0 Å². The van der Waals surface area contributed by atoms with E-state index in [4.69, 9.17) is 0 Å². The molecule has 2 atom stereocenters. The molecule has 28 heavy (non-hydrogen) atoms. The molecule has 3 aromatic heterocycles. The first-order valence-electron chi connectivity index (χ1n) is 9.38. The van der Waals surface area contributed by atoms with E-state index in [2.05, 4.69) is 41.0 Å². The molecule has 1 fully saturated rings. The minimum atomic E-state index is 0.335. The molecule has 4 heterocycles. The second-order valence-electron chi connectivity index (χ2n) is 6.92. The smallest absolute Gasteiger partial charge is 0.222 e. The summed E-state index contributed by atoms with van der Waals surface area (Å²) in [5.74, 6) is 1.43. The van der Waals surface area contributed by atoms with Crippen LogP contribution in [0.15, 0.2) is 55.3 Å². The summed E-state index contributed by atoms with van der Waals surface area (Å²) in [6.07, 6.45) is 16.1. The van der Waals surface area contributed by atoms with E-state index in [1.807, 2.05) is 41.7 Å². The van der Waals surface area contributed by atoms with Crippen LogP contribution in [0.25, 0.3) is 11.2 Å². The third-order valence-corrected chi connectivity index (χ3v) is 4.94. The molecule has 3 aromatic rings. The predicted octanol–water partition coefficient (Wildman–Crippen LogP) is 2.54. The standard InChI is InChI=1S/C19H21N9/c1-2-9-28(23-8-1)15-11-21-18(22-12-15)24-13-5-6-14(10-13)25-19-26-16-4-3-7-20-17(16)27-19/h1-4,7-9,11-14,23H,5-6,10H2,(H,21,22,24)(H2,20,25,26,27)/t13-,14-/m0/s1. The molecule has 0 saturated heterocycles. The SMILES string of the molecule is C1=CNN(c2cnc(N[C@H]3CC[C@H](Nc4nc5ncccc5[nH]4)C3)nc2)C=C1. The summed E-state index contributed by atoms with van der Waals surface area (Å²) in [5.41, 5.74) is 5.68. The lowest BCUT2D eigenvalue weighted by Crippen LogP contribution is -2.30. The Morgan fingerprint density at radius 1 is 1.04 bits per heavy atom. The molecule has 9 heteroatoms. The van der Waals surface area contributed by atoms with Crippen molar-refractivity contribution >= 4 is 28.7 Å². The number of hydrazine groups is 1. The van der Waals surface area contributed by atoms with Crippen molar-refractivity contribution in [3.05, 3.63) is 55.3 Å². The van der Waals surface area contributed by atoms with Gasteiger partial charge in [-0.1, -0.05) is 0 Å². The molecule has 1 aliphatic carbocycles. The van der Waals surface area contributed by atoms with Crippen molar-refractivity contribution in [3.63, 3.8) is 0 Å². The number of imidazole rings is 1. The van der Waals surface area contributed by atoms with E-state index in [1.165, 1.54) is 0 Å². The third kappa shape index (κ3) is 3.46. The monoisotopic (exact) mass is 375 g/mol. The molecule has 0 unspecified atom stereocenters. The van der Waals surface area contributed by atoms with Crippen LogP contribution in [0, 0.1) is 0 Å². The Hall–Kier alpha value is -3.62. The molecule has 0 bridgehead atoms. The molecule has 4 N–H and O–H groups in total. The molecule has 0 spiro atoms. The molecule has 0 radical (unpaired) electrons. The minimum absolute atomic E-state index is 0.335. The van der Waals surface area contributed by atoms with Crippen LogP contribution in [0.5, 0.6) is 0 Å². The number of allylic oxidation sites excluding steroid dienone is 2. The van der Waals surface area contributed by atoms with E-state index in [9.17, 15) is 0 Å². The number of anilines is 3. The fourth-order valence-electron chi connectivity index (χ4n) is 3.57. The summed E-state index contributed by atoms with van der Waals surface area (Å²) < 4.78 is 0. The predicted molar refractivity (Wildman–Crippen MR) is 108 cm³/mol. The highest BCUT2D eigenvalue weighted by Crippen LogP contribution is 2.25. The van der Waals surface area contributed by atoms with Crippen LogP contribution in [0.2, 0.25) is 0 Å². The van der Waals surface area contributed by atoms with Gasteiger partial charge in [-0.05, 0) is 43.5 Å². The van der Waals surface area contributed by atoms with Crippen LogP contribution in [-0.4, -0.2) is 37.0 Å². The topological polar surface area (TPSA) is 107 Å². The zero-order valence-electron chi connectivity index (χ0n) is 15.2. The normalized spacial score (nSPS) is 21.1. The Labute approximate surface area is 162 Å². The van der Waals surface area contributed by atoms with Gasteiger partial charge in [0.05, 0.1) is 23.6 Å². The van der Waals surface area contributed by atoms with Crippen molar-refractivity contribution in [2.45, 2.75) is 31.3 Å². The number of hydrogen-bond acceptors (Lipinski definition) is 8. The van der Waals surface area contributed by atoms with Crippen molar-refractivity contribution in [3.8, 4) is 0 Å². The maximum Gasteiger partial charge on any atom is 0.222 e. The lowest BCUT2D eigenvalue weighted by molar-refractivity contribution is 0.714. The van der Waals surface area contributed by atoms with Gasteiger partial charge in [0.2, 0.25) is 11.9 Å². The lowest BCUT2D eigenvalue weighted by Gasteiger charge is -2.21. The van der Waals surface area contributed by atoms with Gasteiger partial charge in [0, 0.05) is 30.7 Å². The van der Waals surface area contributed by atoms with E-state index in [0.29, 0.717) is 18.0 Å². The number of nitrogens with one attached hydrogen (secondary N) is 4. The van der Waals surface area contributed by atoms with Gasteiger partial charge in [-0.25, -0.2) is 15.0 Å². The molecule has 5 rings (SSSR count). The average molecular weight is 375 g/mol. The second kappa shape index (κ2) is 7.18. The summed E-state index contributed by atoms with van der Waals surface area (Å²) in [7, 11) is 0. The zero-order chi connectivity index (χ0) is 18.8. The number of aromatic amines is 1. The summed E-state index contributed by atoms with van der Waals surface area (Å²) in [6, 6.07) is 4.57. The number of fused-ring (bicyclic) bond motifs is 1. The average Bonchev–Trinajstić information content (AvgIpc) is 3.35. The van der Waals surface area contributed by atoms with Gasteiger partial charge in [-0.2, -0.15) is 4.98 Å². The molecule has 1 aliphatic heterocycles. The number of nitrogens with zero attached hydrogens (tertiary/aromatic N) is 5. The number of hydrogen-bond donors (Lipinski definition) is 4. The summed E-state index contributed by atoms with van der Waals surface area (Å²) in [4.78, 5) is 20.9. The molecule has 1 saturated carbocycles. The molecular formula is C19H21N9. The lowest BCUT2D eigenvalue weighted by atomic mass is 10.2. The van der Waals surface area contributed by atoms with E-state index in [1.54, 1.807) is 18.6 Å². The molecule has 2 aliphatic rings. The van der Waals surface area contributed by atoms with E-state index < -0.39 is 0 Å². The summed E-state index contributed by atoms with van der Waals surface area (Å²) >= 11 is 0. The van der Waals surface area contributed by atoms with Gasteiger partial charge in [-0.15, -0.1) is 0 Å². The third-order valence-electron chi connectivity index (χ3n) is 4.94. The van der Waals surface area contributed by atoms with Crippen molar-refractivity contribution in [1.29, 1.82) is 0 Å². The fourth-order valence-corrected chi connectivity index (χ4v) is 3.57. The Morgan fingerprint density at radius 3 is 2.68 bits per heavy atom. The molecule has 0 amide bonds. The quantitative estimate of drug-likeness (QED) is 0.539. The first kappa shape index (κ1) is 16.5. The van der Waals surface area contributed by atoms with Gasteiger partial charge in [-0.3, -0.25) is 5.01 Å². The molecular weight excluding hydrogens is 354 g/mol. The van der Waals surface area contributed by atoms with E-state index in [0.717, 1.165) is 42.1 Å². The molecule has 0 aromatic carbocycles. The van der Waals surface area contributed by atoms with Crippen LogP contribution in [-0.2, 0) is 0 Å². The molecule has 9 nitrogen and oxygen atoms in total. The summed E-state index contributed by atoms with van der Waals surface area (Å²) in [5, 5.41) is 8.78. The second-order valence-corrected chi connectivity index (χ2v) is 6.92. The van der Waals surface area contributed by atoms with Crippen LogP contribution in [0.1, 0.15) is 19.3 Å². The first-order chi connectivity index (χ1) is 13.8. The van der Waals surface area contributed by atoms with Gasteiger partial charge >= 0.3 is 0 Å². The number of H-pyrrole nitrogens is 1. The Kier molecular flexibility index (Phi) is 4.24. The number of rotatable bonds is 5. The first-order valence-corrected chi connectivity index (χ1v) is 9.38. The van der Waals surface area contributed by atoms with Crippen molar-refractivity contribution in [1.82, 2.24) is 30.3 Å². The Balaban J connectivity index is 1.17. The highest BCUT2D eigenvalue weighted by Gasteiger charge is 2.26. The van der Waals surface area contributed by atoms with Gasteiger partial charge in [0.1, 0.15) is 0 Å². The largest absolute Gasteiger partial charge is 0.353 e. The molecule has 142 valence electrons. The van der Waals surface area contributed by atoms with Crippen LogP contribution < -0.4 is 21.1 Å². The number of aromatic nitrogens is 5. The highest BCUT2D eigenvalue weighted by atomic mass is 15.5.